The summed E-state index contributed by atoms with van der Waals surface area (Å²) in [5, 5.41) is 11.3. The number of hydrogen-bond donors (Lipinski definition) is 1. The highest BCUT2D eigenvalue weighted by atomic mass is 16.6. The van der Waals surface area contributed by atoms with Gasteiger partial charge in [0.25, 0.3) is 5.91 Å². The molecule has 0 unspecified atom stereocenters. The number of methoxy groups -OCH3 is 1. The summed E-state index contributed by atoms with van der Waals surface area (Å²) in [6.07, 6.45) is 2.78. The van der Waals surface area contributed by atoms with Crippen molar-refractivity contribution in [3.05, 3.63) is 65.7 Å². The first-order valence-electron chi connectivity index (χ1n) is 11.8. The second-order valence-corrected chi connectivity index (χ2v) is 9.35. The minimum atomic E-state index is -0.554. The SMILES string of the molecule is COC(=O)CCc1ccc(N=Nc2ccc(NC(=O)C3=CCN(C(=O)OC(C)(C)C)CC3)cc2)cc1. The Morgan fingerprint density at radius 1 is 0.972 bits per heavy atom. The summed E-state index contributed by atoms with van der Waals surface area (Å²) in [6.45, 7) is 6.24. The van der Waals surface area contributed by atoms with Crippen molar-refractivity contribution in [2.75, 3.05) is 25.5 Å². The fourth-order valence-electron chi connectivity index (χ4n) is 3.38. The van der Waals surface area contributed by atoms with Crippen LogP contribution < -0.4 is 5.32 Å². The predicted molar refractivity (Wildman–Crippen MR) is 137 cm³/mol. The lowest BCUT2D eigenvalue weighted by Gasteiger charge is -2.29. The Kier molecular flexibility index (Phi) is 8.94. The summed E-state index contributed by atoms with van der Waals surface area (Å²) in [6, 6.07) is 14.5. The third kappa shape index (κ3) is 8.33. The second-order valence-electron chi connectivity index (χ2n) is 9.35. The van der Waals surface area contributed by atoms with E-state index < -0.39 is 5.60 Å². The molecule has 2 aromatic rings. The number of benzene rings is 2. The van der Waals surface area contributed by atoms with E-state index in [0.717, 1.165) is 5.56 Å². The molecule has 0 spiro atoms. The number of amides is 2. The van der Waals surface area contributed by atoms with Crippen LogP contribution in [0.1, 0.15) is 39.2 Å². The molecule has 9 heteroatoms. The third-order valence-electron chi connectivity index (χ3n) is 5.34. The van der Waals surface area contributed by atoms with Gasteiger partial charge in [-0.05, 0) is 75.6 Å². The molecule has 0 aromatic heterocycles. The molecule has 1 aliphatic rings. The molecule has 1 N–H and O–H groups in total. The zero-order valence-corrected chi connectivity index (χ0v) is 21.1. The normalized spacial score (nSPS) is 13.8. The molecule has 0 radical (unpaired) electrons. The van der Waals surface area contributed by atoms with Gasteiger partial charge in [0.2, 0.25) is 0 Å². The molecule has 0 saturated carbocycles. The van der Waals surface area contributed by atoms with Gasteiger partial charge in [0.1, 0.15) is 5.60 Å². The van der Waals surface area contributed by atoms with Crippen LogP contribution in [0.4, 0.5) is 21.9 Å². The van der Waals surface area contributed by atoms with Crippen LogP contribution in [0, 0.1) is 0 Å². The Hall–Kier alpha value is -4.01. The highest BCUT2D eigenvalue weighted by Gasteiger charge is 2.25. The van der Waals surface area contributed by atoms with Crippen molar-refractivity contribution in [2.45, 2.75) is 45.6 Å². The van der Waals surface area contributed by atoms with Crippen molar-refractivity contribution in [3.63, 3.8) is 0 Å². The van der Waals surface area contributed by atoms with Crippen molar-refractivity contribution >= 4 is 35.0 Å². The van der Waals surface area contributed by atoms with Crippen molar-refractivity contribution in [3.8, 4) is 0 Å². The Morgan fingerprint density at radius 3 is 2.11 bits per heavy atom. The van der Waals surface area contributed by atoms with Gasteiger partial charge in [-0.1, -0.05) is 18.2 Å². The van der Waals surface area contributed by atoms with Gasteiger partial charge in [-0.25, -0.2) is 4.79 Å². The summed E-state index contributed by atoms with van der Waals surface area (Å²) in [5.74, 6) is -0.431. The molecule has 1 aliphatic heterocycles. The van der Waals surface area contributed by atoms with Crippen molar-refractivity contribution in [2.24, 2.45) is 10.2 Å². The maximum absolute atomic E-state index is 12.6. The standard InChI is InChI=1S/C27H32N4O5/c1-27(2,3)36-26(34)31-17-15-20(16-18-31)25(33)28-21-10-12-23(13-11-21)30-29-22-8-5-19(6-9-22)7-14-24(32)35-4/h5-6,8-13,15H,7,14,16-18H2,1-4H3,(H,28,33). The number of esters is 1. The van der Waals surface area contributed by atoms with Crippen LogP contribution in [0.15, 0.2) is 70.4 Å². The summed E-state index contributed by atoms with van der Waals surface area (Å²) in [4.78, 5) is 37.6. The molecule has 2 aromatic carbocycles. The van der Waals surface area contributed by atoms with Gasteiger partial charge in [0.15, 0.2) is 0 Å². The van der Waals surface area contributed by atoms with E-state index in [9.17, 15) is 14.4 Å². The molecule has 0 aliphatic carbocycles. The van der Waals surface area contributed by atoms with Gasteiger partial charge in [-0.3, -0.25) is 9.59 Å². The van der Waals surface area contributed by atoms with Crippen LogP contribution in [-0.4, -0.2) is 48.7 Å². The maximum Gasteiger partial charge on any atom is 0.410 e. The van der Waals surface area contributed by atoms with Crippen LogP contribution >= 0.6 is 0 Å². The monoisotopic (exact) mass is 492 g/mol. The van der Waals surface area contributed by atoms with Crippen molar-refractivity contribution in [1.82, 2.24) is 4.90 Å². The number of carbonyl (C=O) groups excluding carboxylic acids is 3. The molecule has 36 heavy (non-hydrogen) atoms. The topological polar surface area (TPSA) is 110 Å². The smallest absolute Gasteiger partial charge is 0.410 e. The average Bonchev–Trinajstić information content (AvgIpc) is 2.86. The molecule has 190 valence electrons. The van der Waals surface area contributed by atoms with E-state index in [0.29, 0.717) is 55.0 Å². The highest BCUT2D eigenvalue weighted by molar-refractivity contribution is 6.04. The summed E-state index contributed by atoms with van der Waals surface area (Å²) in [5.41, 5.74) is 3.08. The third-order valence-corrected chi connectivity index (χ3v) is 5.34. The number of hydrogen-bond acceptors (Lipinski definition) is 7. The number of carbonyl (C=O) groups is 3. The minimum absolute atomic E-state index is 0.194. The first-order chi connectivity index (χ1) is 17.1. The number of nitrogens with zero attached hydrogens (tertiary/aromatic N) is 3. The molecule has 0 fully saturated rings. The minimum Gasteiger partial charge on any atom is -0.469 e. The van der Waals surface area contributed by atoms with Gasteiger partial charge in [0, 0.05) is 30.8 Å². The molecule has 1 heterocycles. The number of azo groups is 1. The molecule has 0 saturated heterocycles. The van der Waals surface area contributed by atoms with Crippen molar-refractivity contribution < 1.29 is 23.9 Å². The van der Waals surface area contributed by atoms with Crippen LogP contribution in [0.3, 0.4) is 0 Å². The van der Waals surface area contributed by atoms with Crippen LogP contribution in [0.25, 0.3) is 0 Å². The molecular formula is C27H32N4O5. The Balaban J connectivity index is 1.50. The van der Waals surface area contributed by atoms with E-state index >= 15 is 0 Å². The van der Waals surface area contributed by atoms with Gasteiger partial charge < -0.3 is 19.7 Å². The first kappa shape index (κ1) is 26.6. The number of anilines is 1. The lowest BCUT2D eigenvalue weighted by molar-refractivity contribution is -0.140. The highest BCUT2D eigenvalue weighted by Crippen LogP contribution is 2.22. The first-order valence-corrected chi connectivity index (χ1v) is 11.8. The second kappa shape index (κ2) is 12.1. The summed E-state index contributed by atoms with van der Waals surface area (Å²) >= 11 is 0. The van der Waals surface area contributed by atoms with Gasteiger partial charge in [-0.15, -0.1) is 0 Å². The van der Waals surface area contributed by atoms with E-state index in [1.165, 1.54) is 7.11 Å². The van der Waals surface area contributed by atoms with E-state index in [-0.39, 0.29) is 18.0 Å². The van der Waals surface area contributed by atoms with Gasteiger partial charge >= 0.3 is 12.1 Å². The zero-order valence-electron chi connectivity index (χ0n) is 21.1. The van der Waals surface area contributed by atoms with E-state index in [1.807, 2.05) is 45.0 Å². The number of aryl methyl sites for hydroxylation is 1. The Morgan fingerprint density at radius 2 is 1.58 bits per heavy atom. The molecule has 3 rings (SSSR count). The Labute approximate surface area is 211 Å². The molecule has 9 nitrogen and oxygen atoms in total. The van der Waals surface area contributed by atoms with Crippen LogP contribution in [0.5, 0.6) is 0 Å². The summed E-state index contributed by atoms with van der Waals surface area (Å²) < 4.78 is 10.0. The fourth-order valence-corrected chi connectivity index (χ4v) is 3.38. The molecule has 2 amide bonds. The molecular weight excluding hydrogens is 460 g/mol. The van der Waals surface area contributed by atoms with E-state index in [4.69, 9.17) is 4.74 Å². The van der Waals surface area contributed by atoms with Crippen molar-refractivity contribution in [1.29, 1.82) is 0 Å². The fraction of sp³-hybridized carbons (Fsp3) is 0.370. The largest absolute Gasteiger partial charge is 0.469 e. The molecule has 0 atom stereocenters. The Bertz CT molecular complexity index is 1130. The quantitative estimate of drug-likeness (QED) is 0.393. The van der Waals surface area contributed by atoms with Crippen LogP contribution in [-0.2, 0) is 25.5 Å². The molecule has 0 bridgehead atoms. The number of ether oxygens (including phenoxy) is 2. The van der Waals surface area contributed by atoms with E-state index in [1.54, 1.807) is 35.2 Å². The zero-order chi connectivity index (χ0) is 26.1. The summed E-state index contributed by atoms with van der Waals surface area (Å²) in [7, 11) is 1.38. The predicted octanol–water partition coefficient (Wildman–Crippen LogP) is 5.71. The maximum atomic E-state index is 12.6. The average molecular weight is 493 g/mol. The van der Waals surface area contributed by atoms with Crippen LogP contribution in [0.2, 0.25) is 0 Å². The lowest BCUT2D eigenvalue weighted by atomic mass is 10.1. The lowest BCUT2D eigenvalue weighted by Crippen LogP contribution is -2.40. The number of rotatable bonds is 7. The van der Waals surface area contributed by atoms with Gasteiger partial charge in [-0.2, -0.15) is 10.2 Å². The van der Waals surface area contributed by atoms with Gasteiger partial charge in [0.05, 0.1) is 18.5 Å². The van der Waals surface area contributed by atoms with E-state index in [2.05, 4.69) is 20.3 Å². The number of nitrogens with one attached hydrogen (secondary N) is 1.